The monoisotopic (exact) mass is 233 g/mol. The van der Waals surface area contributed by atoms with Gasteiger partial charge >= 0.3 is 0 Å². The van der Waals surface area contributed by atoms with Gasteiger partial charge < -0.3 is 10.5 Å². The van der Waals surface area contributed by atoms with Crippen molar-refractivity contribution in [3.8, 4) is 5.75 Å². The van der Waals surface area contributed by atoms with Crippen LogP contribution in [0, 0.1) is 0 Å². The van der Waals surface area contributed by atoms with Crippen LogP contribution in [0.1, 0.15) is 18.4 Å². The lowest BCUT2D eigenvalue weighted by atomic mass is 10.0. The van der Waals surface area contributed by atoms with Crippen molar-refractivity contribution >= 4 is 5.78 Å². The minimum atomic E-state index is -0.411. The van der Waals surface area contributed by atoms with Crippen molar-refractivity contribution in [2.45, 2.75) is 25.3 Å². The fraction of sp³-hybridized carbons (Fsp3) is 0.357. The average Bonchev–Trinajstić information content (AvgIpc) is 2.36. The zero-order chi connectivity index (χ0) is 12.7. The topological polar surface area (TPSA) is 52.3 Å². The van der Waals surface area contributed by atoms with E-state index in [0.717, 1.165) is 11.3 Å². The molecule has 0 bridgehead atoms. The van der Waals surface area contributed by atoms with Gasteiger partial charge in [-0.3, -0.25) is 4.79 Å². The van der Waals surface area contributed by atoms with E-state index in [2.05, 4.69) is 6.58 Å². The summed E-state index contributed by atoms with van der Waals surface area (Å²) < 4.78 is 5.07. The highest BCUT2D eigenvalue weighted by atomic mass is 16.5. The van der Waals surface area contributed by atoms with Crippen LogP contribution in [0.4, 0.5) is 0 Å². The van der Waals surface area contributed by atoms with Crippen molar-refractivity contribution in [3.63, 3.8) is 0 Å². The summed E-state index contributed by atoms with van der Waals surface area (Å²) >= 11 is 0. The SMILES string of the molecule is C=CCC(N)C(=O)CCc1ccc(OC)cc1. The zero-order valence-corrected chi connectivity index (χ0v) is 10.2. The Hall–Kier alpha value is -1.61. The van der Waals surface area contributed by atoms with Gasteiger partial charge in [0.05, 0.1) is 13.2 Å². The van der Waals surface area contributed by atoms with Gasteiger partial charge in [0.25, 0.3) is 0 Å². The molecule has 0 aliphatic carbocycles. The first-order chi connectivity index (χ1) is 8.17. The smallest absolute Gasteiger partial charge is 0.150 e. The number of benzene rings is 1. The van der Waals surface area contributed by atoms with Crippen LogP contribution in [0.2, 0.25) is 0 Å². The molecule has 1 atom stereocenters. The molecule has 0 radical (unpaired) electrons. The Morgan fingerprint density at radius 3 is 2.65 bits per heavy atom. The molecular formula is C14H19NO2. The normalized spacial score (nSPS) is 11.9. The number of aryl methyl sites for hydroxylation is 1. The highest BCUT2D eigenvalue weighted by Crippen LogP contribution is 2.13. The van der Waals surface area contributed by atoms with E-state index in [1.165, 1.54) is 0 Å². The summed E-state index contributed by atoms with van der Waals surface area (Å²) in [6.45, 7) is 3.57. The third-order valence-electron chi connectivity index (χ3n) is 2.65. The summed E-state index contributed by atoms with van der Waals surface area (Å²) in [6.07, 6.45) is 3.41. The van der Waals surface area contributed by atoms with Gasteiger partial charge in [-0.05, 0) is 30.5 Å². The Labute approximate surface area is 102 Å². The molecule has 0 aliphatic rings. The molecule has 0 aliphatic heterocycles. The molecule has 0 saturated heterocycles. The first-order valence-corrected chi connectivity index (χ1v) is 5.69. The van der Waals surface area contributed by atoms with E-state index in [1.807, 2.05) is 24.3 Å². The molecule has 1 unspecified atom stereocenters. The number of carbonyl (C=O) groups excluding carboxylic acids is 1. The highest BCUT2D eigenvalue weighted by Gasteiger charge is 2.11. The summed E-state index contributed by atoms with van der Waals surface area (Å²) in [4.78, 5) is 11.6. The molecule has 1 aromatic rings. The van der Waals surface area contributed by atoms with E-state index in [-0.39, 0.29) is 5.78 Å². The number of hydrogen-bond acceptors (Lipinski definition) is 3. The Morgan fingerprint density at radius 1 is 1.47 bits per heavy atom. The summed E-state index contributed by atoms with van der Waals surface area (Å²) in [5.41, 5.74) is 6.81. The second-order valence-electron chi connectivity index (χ2n) is 3.95. The fourth-order valence-corrected chi connectivity index (χ4v) is 1.56. The van der Waals surface area contributed by atoms with Gasteiger partial charge in [-0.2, -0.15) is 0 Å². The van der Waals surface area contributed by atoms with Crippen LogP contribution in [-0.2, 0) is 11.2 Å². The summed E-state index contributed by atoms with van der Waals surface area (Å²) in [5, 5.41) is 0. The lowest BCUT2D eigenvalue weighted by molar-refractivity contribution is -0.120. The maximum atomic E-state index is 11.6. The van der Waals surface area contributed by atoms with Crippen LogP contribution in [0.5, 0.6) is 5.75 Å². The molecule has 0 aromatic heterocycles. The first-order valence-electron chi connectivity index (χ1n) is 5.69. The number of carbonyl (C=O) groups is 1. The molecule has 2 N–H and O–H groups in total. The lowest BCUT2D eigenvalue weighted by Gasteiger charge is -2.08. The molecule has 92 valence electrons. The van der Waals surface area contributed by atoms with Gasteiger partial charge in [0.2, 0.25) is 0 Å². The fourth-order valence-electron chi connectivity index (χ4n) is 1.56. The summed E-state index contributed by atoms with van der Waals surface area (Å²) in [7, 11) is 1.63. The average molecular weight is 233 g/mol. The molecule has 1 aromatic carbocycles. The van der Waals surface area contributed by atoms with Gasteiger partial charge in [-0.15, -0.1) is 6.58 Å². The minimum Gasteiger partial charge on any atom is -0.497 e. The molecule has 0 heterocycles. The van der Waals surface area contributed by atoms with Crippen LogP contribution < -0.4 is 10.5 Å². The molecule has 1 rings (SSSR count). The van der Waals surface area contributed by atoms with Crippen molar-refractivity contribution in [3.05, 3.63) is 42.5 Å². The Morgan fingerprint density at radius 2 is 2.12 bits per heavy atom. The van der Waals surface area contributed by atoms with Crippen molar-refractivity contribution in [2.75, 3.05) is 7.11 Å². The maximum absolute atomic E-state index is 11.6. The highest BCUT2D eigenvalue weighted by molar-refractivity contribution is 5.84. The third-order valence-corrected chi connectivity index (χ3v) is 2.65. The van der Waals surface area contributed by atoms with E-state index in [1.54, 1.807) is 13.2 Å². The van der Waals surface area contributed by atoms with Crippen molar-refractivity contribution < 1.29 is 9.53 Å². The molecule has 17 heavy (non-hydrogen) atoms. The van der Waals surface area contributed by atoms with Gasteiger partial charge in [0.1, 0.15) is 11.5 Å². The van der Waals surface area contributed by atoms with Crippen molar-refractivity contribution in [1.29, 1.82) is 0 Å². The molecule has 0 fully saturated rings. The number of Topliss-reactive ketones (excluding diaryl/α,β-unsaturated/α-hetero) is 1. The molecule has 0 amide bonds. The minimum absolute atomic E-state index is 0.0840. The Kier molecular flexibility index (Phi) is 5.43. The molecule has 3 nitrogen and oxygen atoms in total. The number of ether oxygens (including phenoxy) is 1. The number of nitrogens with two attached hydrogens (primary N) is 1. The van der Waals surface area contributed by atoms with Gasteiger partial charge in [-0.25, -0.2) is 0 Å². The van der Waals surface area contributed by atoms with Gasteiger partial charge in [0.15, 0.2) is 0 Å². The van der Waals surface area contributed by atoms with Crippen LogP contribution in [0.3, 0.4) is 0 Å². The van der Waals surface area contributed by atoms with E-state index < -0.39 is 6.04 Å². The lowest BCUT2D eigenvalue weighted by Crippen LogP contribution is -2.29. The predicted molar refractivity (Wildman–Crippen MR) is 69.1 cm³/mol. The Bertz CT molecular complexity index is 370. The quantitative estimate of drug-likeness (QED) is 0.734. The van der Waals surface area contributed by atoms with Gasteiger partial charge in [0, 0.05) is 6.42 Å². The van der Waals surface area contributed by atoms with E-state index in [4.69, 9.17) is 10.5 Å². The standard InChI is InChI=1S/C14H19NO2/c1-3-4-13(15)14(16)10-7-11-5-8-12(17-2)9-6-11/h3,5-6,8-9,13H,1,4,7,10,15H2,2H3. The van der Waals surface area contributed by atoms with Crippen molar-refractivity contribution in [1.82, 2.24) is 0 Å². The predicted octanol–water partition coefficient (Wildman–Crippen LogP) is 2.10. The van der Waals surface area contributed by atoms with Crippen LogP contribution in [0.25, 0.3) is 0 Å². The summed E-state index contributed by atoms with van der Waals surface area (Å²) in [6, 6.07) is 7.30. The van der Waals surface area contributed by atoms with E-state index in [9.17, 15) is 4.79 Å². The van der Waals surface area contributed by atoms with Crippen LogP contribution in [0.15, 0.2) is 36.9 Å². The van der Waals surface area contributed by atoms with E-state index in [0.29, 0.717) is 19.3 Å². The second-order valence-corrected chi connectivity index (χ2v) is 3.95. The third kappa shape index (κ3) is 4.41. The number of hydrogen-bond donors (Lipinski definition) is 1. The Balaban J connectivity index is 2.44. The zero-order valence-electron chi connectivity index (χ0n) is 10.2. The second kappa shape index (κ2) is 6.86. The summed E-state index contributed by atoms with van der Waals surface area (Å²) in [5.74, 6) is 0.907. The maximum Gasteiger partial charge on any atom is 0.150 e. The molecule has 3 heteroatoms. The molecule has 0 spiro atoms. The number of ketones is 1. The largest absolute Gasteiger partial charge is 0.497 e. The van der Waals surface area contributed by atoms with Crippen molar-refractivity contribution in [2.24, 2.45) is 5.73 Å². The molecule has 0 saturated carbocycles. The molecular weight excluding hydrogens is 214 g/mol. The first kappa shape index (κ1) is 13.5. The van der Waals surface area contributed by atoms with E-state index >= 15 is 0 Å². The van der Waals surface area contributed by atoms with Crippen LogP contribution >= 0.6 is 0 Å². The van der Waals surface area contributed by atoms with Crippen LogP contribution in [-0.4, -0.2) is 18.9 Å². The van der Waals surface area contributed by atoms with Gasteiger partial charge in [-0.1, -0.05) is 18.2 Å². The number of rotatable bonds is 7. The number of methoxy groups -OCH3 is 1.